The number of halogens is 1. The van der Waals surface area contributed by atoms with Crippen molar-refractivity contribution in [3.8, 4) is 0 Å². The number of urea groups is 1. The zero-order chi connectivity index (χ0) is 13.9. The van der Waals surface area contributed by atoms with Gasteiger partial charge in [0.05, 0.1) is 0 Å². The molecule has 0 atom stereocenters. The Balaban J connectivity index is 3.25. The Morgan fingerprint density at radius 2 is 1.67 bits per heavy atom. The molecule has 0 radical (unpaired) electrons. The van der Waals surface area contributed by atoms with Gasteiger partial charge in [0.1, 0.15) is 5.41 Å². The third-order valence-electron chi connectivity index (χ3n) is 3.42. The highest BCUT2D eigenvalue weighted by Crippen LogP contribution is 2.41. The van der Waals surface area contributed by atoms with Gasteiger partial charge in [-0.25, -0.2) is 4.79 Å². The largest absolute Gasteiger partial charge is 0.328 e. The van der Waals surface area contributed by atoms with Gasteiger partial charge in [-0.2, -0.15) is 0 Å². The Morgan fingerprint density at radius 3 is 2.00 bits per heavy atom. The SMILES string of the molecule is C=C(Br)CC1(C(CC)CC)C(=O)NC(=O)NC1=O. The number of hydrogen-bond acceptors (Lipinski definition) is 3. The number of hydrogen-bond donors (Lipinski definition) is 2. The molecule has 6 heteroatoms. The van der Waals surface area contributed by atoms with Crippen LogP contribution in [0.1, 0.15) is 33.1 Å². The van der Waals surface area contributed by atoms with Crippen LogP contribution in [0.4, 0.5) is 4.79 Å². The first-order chi connectivity index (χ1) is 8.38. The molecule has 0 saturated carbocycles. The van der Waals surface area contributed by atoms with E-state index in [0.717, 1.165) is 0 Å². The van der Waals surface area contributed by atoms with Gasteiger partial charge in [0.2, 0.25) is 11.8 Å². The highest BCUT2D eigenvalue weighted by atomic mass is 79.9. The average molecular weight is 317 g/mol. The maximum absolute atomic E-state index is 12.2. The predicted octanol–water partition coefficient (Wildman–Crippen LogP) is 2.07. The van der Waals surface area contributed by atoms with Crippen LogP contribution in [0.3, 0.4) is 0 Å². The normalized spacial score (nSPS) is 18.6. The molecular formula is C12H17BrN2O3. The van der Waals surface area contributed by atoms with E-state index in [4.69, 9.17) is 0 Å². The summed E-state index contributed by atoms with van der Waals surface area (Å²) in [6.45, 7) is 7.55. The average Bonchev–Trinajstić information content (AvgIpc) is 2.26. The van der Waals surface area contributed by atoms with Gasteiger partial charge >= 0.3 is 6.03 Å². The Bertz CT molecular complexity index is 382. The number of carbonyl (C=O) groups excluding carboxylic acids is 3. The van der Waals surface area contributed by atoms with Gasteiger partial charge in [0.25, 0.3) is 0 Å². The smallest absolute Gasteiger partial charge is 0.277 e. The molecule has 1 fully saturated rings. The minimum absolute atomic E-state index is 0.139. The van der Waals surface area contributed by atoms with Crippen LogP contribution in [0, 0.1) is 11.3 Å². The van der Waals surface area contributed by atoms with Gasteiger partial charge in [-0.05, 0) is 10.4 Å². The minimum atomic E-state index is -1.25. The molecule has 0 aromatic rings. The van der Waals surface area contributed by atoms with E-state index in [2.05, 4.69) is 33.1 Å². The lowest BCUT2D eigenvalue weighted by Crippen LogP contribution is -2.64. The van der Waals surface area contributed by atoms with Gasteiger partial charge in [-0.1, -0.05) is 49.2 Å². The van der Waals surface area contributed by atoms with Crippen LogP contribution in [0.25, 0.3) is 0 Å². The fraction of sp³-hybridized carbons (Fsp3) is 0.583. The van der Waals surface area contributed by atoms with Gasteiger partial charge in [0, 0.05) is 6.42 Å². The van der Waals surface area contributed by atoms with Crippen molar-refractivity contribution < 1.29 is 14.4 Å². The molecule has 0 aliphatic carbocycles. The van der Waals surface area contributed by atoms with E-state index < -0.39 is 23.3 Å². The maximum Gasteiger partial charge on any atom is 0.328 e. The molecule has 0 aromatic heterocycles. The van der Waals surface area contributed by atoms with Gasteiger partial charge in [-0.15, -0.1) is 0 Å². The molecule has 1 aliphatic rings. The number of amides is 4. The van der Waals surface area contributed by atoms with Crippen LogP contribution in [0.2, 0.25) is 0 Å². The van der Waals surface area contributed by atoms with E-state index in [1.54, 1.807) is 0 Å². The van der Waals surface area contributed by atoms with Crippen molar-refractivity contribution >= 4 is 33.8 Å². The number of imide groups is 2. The molecule has 4 amide bonds. The molecule has 0 bridgehead atoms. The Kier molecular flexibility index (Phi) is 4.67. The zero-order valence-corrected chi connectivity index (χ0v) is 12.1. The molecule has 1 saturated heterocycles. The second-order valence-corrected chi connectivity index (χ2v) is 5.54. The van der Waals surface area contributed by atoms with Gasteiger partial charge in [0.15, 0.2) is 0 Å². The van der Waals surface area contributed by atoms with Crippen molar-refractivity contribution in [2.24, 2.45) is 11.3 Å². The fourth-order valence-electron chi connectivity index (χ4n) is 2.53. The summed E-state index contributed by atoms with van der Waals surface area (Å²) in [5.41, 5.74) is -1.25. The molecule has 0 aromatic carbocycles. The number of carbonyl (C=O) groups is 3. The molecule has 1 aliphatic heterocycles. The summed E-state index contributed by atoms with van der Waals surface area (Å²) in [6.07, 6.45) is 1.53. The van der Waals surface area contributed by atoms with Crippen LogP contribution >= 0.6 is 15.9 Å². The van der Waals surface area contributed by atoms with Crippen LogP contribution < -0.4 is 10.6 Å². The standard InChI is InChI=1S/C12H17BrN2O3/c1-4-8(5-2)12(6-7(3)13)9(16)14-11(18)15-10(12)17/h8H,3-6H2,1-2H3,(H2,14,15,16,17,18). The van der Waals surface area contributed by atoms with Crippen LogP contribution in [-0.4, -0.2) is 17.8 Å². The van der Waals surface area contributed by atoms with E-state index in [-0.39, 0.29) is 12.3 Å². The van der Waals surface area contributed by atoms with E-state index in [9.17, 15) is 14.4 Å². The van der Waals surface area contributed by atoms with Gasteiger partial charge < -0.3 is 0 Å². The topological polar surface area (TPSA) is 75.3 Å². The summed E-state index contributed by atoms with van der Waals surface area (Å²) in [5.74, 6) is -1.21. The molecule has 2 N–H and O–H groups in total. The van der Waals surface area contributed by atoms with E-state index in [1.807, 2.05) is 13.8 Å². The van der Waals surface area contributed by atoms with E-state index >= 15 is 0 Å². The summed E-state index contributed by atoms with van der Waals surface area (Å²) in [4.78, 5) is 35.5. The molecule has 0 spiro atoms. The van der Waals surface area contributed by atoms with Crippen molar-refractivity contribution in [3.05, 3.63) is 11.1 Å². The van der Waals surface area contributed by atoms with Crippen molar-refractivity contribution in [3.63, 3.8) is 0 Å². The molecule has 1 heterocycles. The Morgan fingerprint density at radius 1 is 1.22 bits per heavy atom. The molecule has 0 unspecified atom stereocenters. The van der Waals surface area contributed by atoms with Crippen LogP contribution in [0.15, 0.2) is 11.1 Å². The highest BCUT2D eigenvalue weighted by molar-refractivity contribution is 9.11. The molecule has 5 nitrogen and oxygen atoms in total. The first kappa shape index (κ1) is 14.9. The first-order valence-corrected chi connectivity index (χ1v) is 6.67. The van der Waals surface area contributed by atoms with Crippen molar-refractivity contribution in [1.29, 1.82) is 0 Å². The second kappa shape index (κ2) is 5.65. The maximum atomic E-state index is 12.2. The third-order valence-corrected chi connectivity index (χ3v) is 3.70. The highest BCUT2D eigenvalue weighted by Gasteiger charge is 2.54. The van der Waals surface area contributed by atoms with Crippen molar-refractivity contribution in [1.82, 2.24) is 10.6 Å². The lowest BCUT2D eigenvalue weighted by molar-refractivity contribution is -0.148. The van der Waals surface area contributed by atoms with Crippen LogP contribution in [-0.2, 0) is 9.59 Å². The van der Waals surface area contributed by atoms with Crippen molar-refractivity contribution in [2.75, 3.05) is 0 Å². The van der Waals surface area contributed by atoms with E-state index in [1.165, 1.54) is 0 Å². The number of barbiturate groups is 1. The fourth-order valence-corrected chi connectivity index (χ4v) is 2.97. The summed E-state index contributed by atoms with van der Waals surface area (Å²) in [6, 6.07) is -0.758. The zero-order valence-electron chi connectivity index (χ0n) is 10.5. The summed E-state index contributed by atoms with van der Waals surface area (Å²) in [5, 5.41) is 4.37. The Hall–Kier alpha value is -1.17. The molecule has 100 valence electrons. The number of rotatable bonds is 5. The lowest BCUT2D eigenvalue weighted by Gasteiger charge is -2.39. The number of allylic oxidation sites excluding steroid dienone is 1. The first-order valence-electron chi connectivity index (χ1n) is 5.88. The predicted molar refractivity (Wildman–Crippen MR) is 70.9 cm³/mol. The summed E-state index contributed by atoms with van der Waals surface area (Å²) >= 11 is 3.20. The third kappa shape index (κ3) is 2.48. The molecule has 1 rings (SSSR count). The quantitative estimate of drug-likeness (QED) is 0.762. The van der Waals surface area contributed by atoms with Gasteiger partial charge in [-0.3, -0.25) is 20.2 Å². The second-order valence-electron chi connectivity index (χ2n) is 4.42. The minimum Gasteiger partial charge on any atom is -0.277 e. The van der Waals surface area contributed by atoms with E-state index in [0.29, 0.717) is 17.3 Å². The van der Waals surface area contributed by atoms with Crippen molar-refractivity contribution in [2.45, 2.75) is 33.1 Å². The monoisotopic (exact) mass is 316 g/mol. The molecular weight excluding hydrogens is 300 g/mol. The van der Waals surface area contributed by atoms with Crippen LogP contribution in [0.5, 0.6) is 0 Å². The summed E-state index contributed by atoms with van der Waals surface area (Å²) < 4.78 is 0.564. The Labute approximate surface area is 115 Å². The summed E-state index contributed by atoms with van der Waals surface area (Å²) in [7, 11) is 0. The molecule has 18 heavy (non-hydrogen) atoms. The lowest BCUT2D eigenvalue weighted by atomic mass is 9.68. The number of nitrogens with one attached hydrogen (secondary N) is 2.